The minimum atomic E-state index is -4.08. The van der Waals surface area contributed by atoms with Gasteiger partial charge in [0.2, 0.25) is 0 Å². The summed E-state index contributed by atoms with van der Waals surface area (Å²) in [5.74, 6) is -0.0458. The molecule has 0 saturated carbocycles. The topological polar surface area (TPSA) is 127 Å². The maximum atomic E-state index is 12.8. The lowest BCUT2D eigenvalue weighted by atomic mass is 10.2. The van der Waals surface area contributed by atoms with E-state index in [1.54, 1.807) is 56.3 Å². The zero-order valence-electron chi connectivity index (χ0n) is 19.3. The zero-order valence-corrected chi connectivity index (χ0v) is 20.1. The van der Waals surface area contributed by atoms with Gasteiger partial charge in [-0.2, -0.15) is 18.8 Å². The number of benzene rings is 3. The largest absolute Gasteiger partial charge is 0.493 e. The van der Waals surface area contributed by atoms with Crippen LogP contribution in [0.25, 0.3) is 0 Å². The highest BCUT2D eigenvalue weighted by atomic mass is 32.2. The summed E-state index contributed by atoms with van der Waals surface area (Å²) in [6, 6.07) is 18.1. The standard InChI is InChI=1S/C25H23N3O6S/c1-17-8-9-18(2)24(12-17)35(30,31)34-22-11-10-19(13-23(22)32-3)15-27-28-25(29)16-33-21-7-5-4-6-20(21)14-26/h4-13,15H,16H2,1-3H3,(H,28,29)/b27-15+. The van der Waals surface area contributed by atoms with Crippen LogP contribution in [0.15, 0.2) is 70.7 Å². The lowest BCUT2D eigenvalue weighted by Crippen LogP contribution is -2.24. The summed E-state index contributed by atoms with van der Waals surface area (Å²) in [5, 5.41) is 12.9. The number of aryl methyl sites for hydroxylation is 2. The quantitative estimate of drug-likeness (QED) is 0.275. The molecule has 0 spiro atoms. The summed E-state index contributed by atoms with van der Waals surface area (Å²) in [6.07, 6.45) is 1.35. The molecule has 1 amide bonds. The number of para-hydroxylation sites is 1. The second kappa shape index (κ2) is 11.2. The number of amides is 1. The molecule has 180 valence electrons. The summed E-state index contributed by atoms with van der Waals surface area (Å²) >= 11 is 0. The molecule has 1 N–H and O–H groups in total. The van der Waals surface area contributed by atoms with Gasteiger partial charge >= 0.3 is 10.1 Å². The minimum Gasteiger partial charge on any atom is -0.493 e. The molecule has 0 aromatic heterocycles. The molecule has 0 radical (unpaired) electrons. The number of hydrogen-bond donors (Lipinski definition) is 1. The Hall–Kier alpha value is -4.36. The van der Waals surface area contributed by atoms with Gasteiger partial charge in [0.25, 0.3) is 5.91 Å². The number of carbonyl (C=O) groups excluding carboxylic acids is 1. The summed E-state index contributed by atoms with van der Waals surface area (Å²) in [6.45, 7) is 3.15. The van der Waals surface area contributed by atoms with Crippen molar-refractivity contribution in [1.82, 2.24) is 5.43 Å². The fourth-order valence-corrected chi connectivity index (χ4v) is 4.27. The molecule has 3 aromatic carbocycles. The van der Waals surface area contributed by atoms with E-state index in [0.29, 0.717) is 22.4 Å². The fraction of sp³-hybridized carbons (Fsp3) is 0.160. The van der Waals surface area contributed by atoms with Crippen molar-refractivity contribution in [2.45, 2.75) is 18.7 Å². The number of nitriles is 1. The number of hydrogen-bond acceptors (Lipinski definition) is 8. The van der Waals surface area contributed by atoms with Crippen molar-refractivity contribution in [3.05, 3.63) is 82.9 Å². The molecule has 0 saturated heterocycles. The van der Waals surface area contributed by atoms with E-state index >= 15 is 0 Å². The molecule has 0 bridgehead atoms. The van der Waals surface area contributed by atoms with Crippen molar-refractivity contribution in [3.8, 4) is 23.3 Å². The highest BCUT2D eigenvalue weighted by molar-refractivity contribution is 7.87. The lowest BCUT2D eigenvalue weighted by Gasteiger charge is -2.13. The van der Waals surface area contributed by atoms with Crippen molar-refractivity contribution in [2.75, 3.05) is 13.7 Å². The van der Waals surface area contributed by atoms with Crippen molar-refractivity contribution in [1.29, 1.82) is 5.26 Å². The molecule has 9 nitrogen and oxygen atoms in total. The first-order valence-electron chi connectivity index (χ1n) is 10.4. The highest BCUT2D eigenvalue weighted by Crippen LogP contribution is 2.31. The second-order valence-corrected chi connectivity index (χ2v) is 8.92. The van der Waals surface area contributed by atoms with Crippen molar-refractivity contribution in [2.24, 2.45) is 5.10 Å². The molecule has 0 aliphatic carbocycles. The van der Waals surface area contributed by atoms with E-state index in [9.17, 15) is 13.2 Å². The Balaban J connectivity index is 1.65. The monoisotopic (exact) mass is 493 g/mol. The van der Waals surface area contributed by atoms with Gasteiger partial charge in [0.05, 0.1) is 18.9 Å². The third-order valence-corrected chi connectivity index (χ3v) is 6.15. The average molecular weight is 494 g/mol. The fourth-order valence-electron chi connectivity index (χ4n) is 3.01. The van der Waals surface area contributed by atoms with Crippen molar-refractivity contribution >= 4 is 22.2 Å². The van der Waals surface area contributed by atoms with Crippen LogP contribution in [0.2, 0.25) is 0 Å². The van der Waals surface area contributed by atoms with Gasteiger partial charge < -0.3 is 13.7 Å². The Kier molecular flexibility index (Phi) is 8.07. The van der Waals surface area contributed by atoms with Gasteiger partial charge in [-0.1, -0.05) is 24.3 Å². The molecular weight excluding hydrogens is 470 g/mol. The van der Waals surface area contributed by atoms with Crippen LogP contribution >= 0.6 is 0 Å². The molecule has 0 aliphatic heterocycles. The molecule has 3 rings (SSSR count). The van der Waals surface area contributed by atoms with Crippen LogP contribution in [0.1, 0.15) is 22.3 Å². The average Bonchev–Trinajstić information content (AvgIpc) is 2.85. The first kappa shape index (κ1) is 25.3. The maximum absolute atomic E-state index is 12.8. The van der Waals surface area contributed by atoms with Gasteiger partial charge in [0, 0.05) is 0 Å². The highest BCUT2D eigenvalue weighted by Gasteiger charge is 2.21. The number of nitrogens with zero attached hydrogens (tertiary/aromatic N) is 2. The predicted molar refractivity (Wildman–Crippen MR) is 129 cm³/mol. The first-order chi connectivity index (χ1) is 16.7. The van der Waals surface area contributed by atoms with Crippen LogP contribution in [0, 0.1) is 25.2 Å². The van der Waals surface area contributed by atoms with E-state index < -0.39 is 16.0 Å². The van der Waals surface area contributed by atoms with E-state index in [4.69, 9.17) is 18.9 Å². The van der Waals surface area contributed by atoms with Gasteiger partial charge in [-0.25, -0.2) is 5.43 Å². The van der Waals surface area contributed by atoms with Crippen LogP contribution in [0.3, 0.4) is 0 Å². The van der Waals surface area contributed by atoms with Crippen LogP contribution in [0.4, 0.5) is 0 Å². The molecule has 10 heteroatoms. The number of ether oxygens (including phenoxy) is 2. The van der Waals surface area contributed by atoms with Crippen LogP contribution in [-0.2, 0) is 14.9 Å². The smallest absolute Gasteiger partial charge is 0.339 e. The molecule has 0 unspecified atom stereocenters. The Bertz CT molecular complexity index is 1410. The zero-order chi connectivity index (χ0) is 25.4. The summed E-state index contributed by atoms with van der Waals surface area (Å²) in [7, 11) is -2.70. The Morgan fingerprint density at radius 1 is 1.06 bits per heavy atom. The van der Waals surface area contributed by atoms with Crippen LogP contribution in [-0.4, -0.2) is 34.3 Å². The van der Waals surface area contributed by atoms with Gasteiger partial charge in [-0.15, -0.1) is 0 Å². The third kappa shape index (κ3) is 6.59. The molecule has 0 heterocycles. The number of hydrazone groups is 1. The maximum Gasteiger partial charge on any atom is 0.339 e. The molecule has 35 heavy (non-hydrogen) atoms. The van der Waals surface area contributed by atoms with E-state index in [1.807, 2.05) is 12.1 Å². The molecule has 0 atom stereocenters. The van der Waals surface area contributed by atoms with E-state index in [2.05, 4.69) is 10.5 Å². The molecule has 0 fully saturated rings. The first-order valence-corrected chi connectivity index (χ1v) is 11.8. The third-order valence-electron chi connectivity index (χ3n) is 4.77. The minimum absolute atomic E-state index is 0.0131. The molecule has 3 aromatic rings. The normalized spacial score (nSPS) is 11.0. The SMILES string of the molecule is COc1cc(/C=N/NC(=O)COc2ccccc2C#N)ccc1OS(=O)(=O)c1cc(C)ccc1C. The van der Waals surface area contributed by atoms with Crippen LogP contribution in [0.5, 0.6) is 17.2 Å². The summed E-state index contributed by atoms with van der Waals surface area (Å²) in [4.78, 5) is 12.1. The van der Waals surface area contributed by atoms with E-state index in [1.165, 1.54) is 25.5 Å². The van der Waals surface area contributed by atoms with E-state index in [-0.39, 0.29) is 23.0 Å². The number of nitrogens with one attached hydrogen (secondary N) is 1. The molecular formula is C25H23N3O6S. The number of rotatable bonds is 9. The predicted octanol–water partition coefficient (Wildman–Crippen LogP) is 3.48. The Labute approximate surface area is 203 Å². The number of methoxy groups -OCH3 is 1. The van der Waals surface area contributed by atoms with Gasteiger partial charge in [-0.05, 0) is 66.9 Å². The molecule has 0 aliphatic rings. The van der Waals surface area contributed by atoms with Gasteiger partial charge in [0.1, 0.15) is 16.7 Å². The lowest BCUT2D eigenvalue weighted by molar-refractivity contribution is -0.123. The van der Waals surface area contributed by atoms with Crippen molar-refractivity contribution in [3.63, 3.8) is 0 Å². The van der Waals surface area contributed by atoms with Gasteiger partial charge in [0.15, 0.2) is 18.1 Å². The Morgan fingerprint density at radius 3 is 2.57 bits per heavy atom. The van der Waals surface area contributed by atoms with Gasteiger partial charge in [-0.3, -0.25) is 4.79 Å². The summed E-state index contributed by atoms with van der Waals surface area (Å²) in [5.41, 5.74) is 4.51. The summed E-state index contributed by atoms with van der Waals surface area (Å²) < 4.78 is 41.5. The second-order valence-electron chi connectivity index (χ2n) is 7.41. The van der Waals surface area contributed by atoms with Crippen LogP contribution < -0.4 is 19.1 Å². The Morgan fingerprint density at radius 2 is 1.83 bits per heavy atom. The number of carbonyl (C=O) groups is 1. The van der Waals surface area contributed by atoms with E-state index in [0.717, 1.165) is 5.56 Å². The van der Waals surface area contributed by atoms with Crippen molar-refractivity contribution < 1.29 is 26.9 Å².